The van der Waals surface area contributed by atoms with Crippen LogP contribution >= 0.6 is 0 Å². The molecule has 0 amide bonds. The molecule has 0 aromatic heterocycles. The molecule has 14 N–H and O–H groups in total. The summed E-state index contributed by atoms with van der Waals surface area (Å²) in [6.45, 7) is 9.69. The number of hydrogen-bond donors (Lipinski definition) is 14. The van der Waals surface area contributed by atoms with Gasteiger partial charge in [-0.25, -0.2) is 0 Å². The monoisotopic (exact) mass is 1060 g/mol. The Hall–Kier alpha value is -1.22. The van der Waals surface area contributed by atoms with Gasteiger partial charge in [-0.1, -0.05) is 39.3 Å². The zero-order valence-electron chi connectivity index (χ0n) is 42.5. The molecule has 10 rings (SSSR count). The fourth-order valence-electron chi connectivity index (χ4n) is 15.4. The maximum absolute atomic E-state index is 12.8. The Balaban J connectivity index is 0.927. The van der Waals surface area contributed by atoms with Gasteiger partial charge in [-0.3, -0.25) is 0 Å². The van der Waals surface area contributed by atoms with Crippen molar-refractivity contribution in [2.24, 2.45) is 46.3 Å². The van der Waals surface area contributed by atoms with Gasteiger partial charge in [0.15, 0.2) is 30.9 Å². The summed E-state index contributed by atoms with van der Waals surface area (Å²) in [6, 6.07) is 0. The second-order valence-electron chi connectivity index (χ2n) is 23.8. The van der Waals surface area contributed by atoms with Gasteiger partial charge >= 0.3 is 0 Å². The molecule has 0 bridgehead atoms. The fourth-order valence-corrected chi connectivity index (χ4v) is 15.4. The quantitative estimate of drug-likeness (QED) is 0.0970. The van der Waals surface area contributed by atoms with Gasteiger partial charge in [-0.15, -0.1) is 0 Å². The molecule has 9 fully saturated rings. The van der Waals surface area contributed by atoms with Crippen molar-refractivity contribution in [2.75, 3.05) is 19.8 Å². The molecular formula is C50H80O24. The van der Waals surface area contributed by atoms with Crippen LogP contribution in [-0.4, -0.2) is 250 Å². The van der Waals surface area contributed by atoms with Crippen molar-refractivity contribution in [1.29, 1.82) is 0 Å². The van der Waals surface area contributed by atoms with Gasteiger partial charge in [0.2, 0.25) is 0 Å². The zero-order valence-corrected chi connectivity index (χ0v) is 42.5. The summed E-state index contributed by atoms with van der Waals surface area (Å²) >= 11 is 0. The number of hydrogen-bond acceptors (Lipinski definition) is 24. The van der Waals surface area contributed by atoms with Crippen molar-refractivity contribution in [2.45, 2.75) is 233 Å². The molecule has 0 aromatic carbocycles. The van der Waals surface area contributed by atoms with Crippen LogP contribution in [0.1, 0.15) is 73.6 Å². The van der Waals surface area contributed by atoms with E-state index >= 15 is 0 Å². The molecule has 6 aliphatic heterocycles. The Morgan fingerprint density at radius 3 is 1.85 bits per heavy atom. The maximum Gasteiger partial charge on any atom is 0.200 e. The van der Waals surface area contributed by atoms with Gasteiger partial charge in [0.25, 0.3) is 0 Å². The Morgan fingerprint density at radius 2 is 1.22 bits per heavy atom. The fraction of sp³-hybridized carbons (Fsp3) is 0.960. The van der Waals surface area contributed by atoms with Crippen molar-refractivity contribution < 1.29 is 119 Å². The van der Waals surface area contributed by atoms with Crippen LogP contribution in [-0.2, 0) is 47.4 Å². The third-order valence-electron chi connectivity index (χ3n) is 19.7. The number of aliphatic hydroxyl groups excluding tert-OH is 14. The van der Waals surface area contributed by atoms with Gasteiger partial charge < -0.3 is 119 Å². The molecule has 6 heterocycles. The molecule has 3 saturated carbocycles. The van der Waals surface area contributed by atoms with E-state index in [0.29, 0.717) is 19.3 Å². The second kappa shape index (κ2) is 20.7. The normalized spacial score (nSPS) is 59.6. The first-order chi connectivity index (χ1) is 34.9. The van der Waals surface area contributed by atoms with Crippen molar-refractivity contribution in [1.82, 2.24) is 0 Å². The van der Waals surface area contributed by atoms with Crippen LogP contribution in [0.4, 0.5) is 0 Å². The van der Waals surface area contributed by atoms with Crippen LogP contribution in [0, 0.1) is 46.3 Å². The average Bonchev–Trinajstić information content (AvgIpc) is 3.83. The number of allylic oxidation sites excluding steroid dienone is 1. The van der Waals surface area contributed by atoms with E-state index in [0.717, 1.165) is 5.57 Å². The second-order valence-corrected chi connectivity index (χ2v) is 23.8. The largest absolute Gasteiger partial charge is 0.394 e. The molecule has 24 heteroatoms. The Morgan fingerprint density at radius 1 is 0.608 bits per heavy atom. The molecule has 34 atom stereocenters. The van der Waals surface area contributed by atoms with Crippen LogP contribution in [0.15, 0.2) is 11.6 Å². The van der Waals surface area contributed by atoms with E-state index in [2.05, 4.69) is 13.0 Å². The number of fused-ring (bicyclic) bond motifs is 7. The van der Waals surface area contributed by atoms with Gasteiger partial charge in [-0.2, -0.15) is 0 Å². The number of rotatable bonds is 9. The molecular weight excluding hydrogens is 985 g/mol. The van der Waals surface area contributed by atoms with E-state index in [1.165, 1.54) is 6.92 Å². The van der Waals surface area contributed by atoms with Crippen LogP contribution < -0.4 is 0 Å². The molecule has 1 spiro atoms. The summed E-state index contributed by atoms with van der Waals surface area (Å²) in [4.78, 5) is 0. The van der Waals surface area contributed by atoms with Gasteiger partial charge in [0, 0.05) is 35.0 Å². The third-order valence-corrected chi connectivity index (χ3v) is 19.7. The molecule has 10 aliphatic rings. The minimum absolute atomic E-state index is 0.0464. The van der Waals surface area contributed by atoms with Crippen LogP contribution in [0.2, 0.25) is 0 Å². The van der Waals surface area contributed by atoms with Gasteiger partial charge in [0.05, 0.1) is 62.5 Å². The number of aliphatic hydroxyl groups is 14. The minimum Gasteiger partial charge on any atom is -0.394 e. The summed E-state index contributed by atoms with van der Waals surface area (Å²) < 4.78 is 62.6. The highest BCUT2D eigenvalue weighted by Gasteiger charge is 2.74. The molecule has 0 aromatic rings. The van der Waals surface area contributed by atoms with E-state index in [1.807, 2.05) is 20.8 Å². The number of ether oxygens (including phenoxy) is 10. The Labute approximate surface area is 428 Å². The van der Waals surface area contributed by atoms with Gasteiger partial charge in [0.1, 0.15) is 85.5 Å². The lowest BCUT2D eigenvalue weighted by atomic mass is 9.45. The first kappa shape index (κ1) is 56.1. The van der Waals surface area contributed by atoms with E-state index in [9.17, 15) is 71.5 Å². The standard InChI is InChI=1S/C50H80O24/c1-16-14-66-50(43(64)40(16)71-45-38(62)35(59)31(55)18(3)67-45)17(2)30-26(74-50)11-23-22-8-7-20-9-21(52)10-29(48(20,5)24(22)12-28(54)49(23,30)6)70-47-42(73-46-39(63)36(60)32(56)19(4)68-46)41(34(58)27(13-51)69-47)72-44-37(61)33(57)25(53)15-65-44/h7,16-19,21-47,51-64H,8-15H2,1-6H3/t16-,17+,18-,19+,21-,22+,23+,24+,25-,26?,27-,28-,29-,30?,31+,32+,33+,34-,35-,36-,37-,38-,39-,40+,41+,42-,43+,44+,45+,46+,47+,48+,49-,50+/m1/s1. The summed E-state index contributed by atoms with van der Waals surface area (Å²) in [7, 11) is 0. The highest BCUT2D eigenvalue weighted by molar-refractivity contribution is 5.30. The lowest BCUT2D eigenvalue weighted by molar-refractivity contribution is -0.393. The van der Waals surface area contributed by atoms with Crippen molar-refractivity contribution in [3.8, 4) is 0 Å². The summed E-state index contributed by atoms with van der Waals surface area (Å²) in [5.41, 5.74) is -0.807. The lowest BCUT2D eigenvalue weighted by Gasteiger charge is -2.62. The molecule has 74 heavy (non-hydrogen) atoms. The molecule has 24 nitrogen and oxygen atoms in total. The Kier molecular flexibility index (Phi) is 15.7. The summed E-state index contributed by atoms with van der Waals surface area (Å²) in [5, 5.41) is 155. The lowest BCUT2D eigenvalue weighted by Crippen LogP contribution is -2.67. The minimum atomic E-state index is -1.86. The summed E-state index contributed by atoms with van der Waals surface area (Å²) in [6.07, 6.45) is -31.2. The predicted molar refractivity (Wildman–Crippen MR) is 245 cm³/mol. The predicted octanol–water partition coefficient (Wildman–Crippen LogP) is -4.41. The van der Waals surface area contributed by atoms with Crippen LogP contribution in [0.25, 0.3) is 0 Å². The smallest absolute Gasteiger partial charge is 0.200 e. The van der Waals surface area contributed by atoms with Gasteiger partial charge in [-0.05, 0) is 57.3 Å². The third kappa shape index (κ3) is 8.81. The van der Waals surface area contributed by atoms with Crippen LogP contribution in [0.5, 0.6) is 0 Å². The van der Waals surface area contributed by atoms with E-state index in [-0.39, 0.29) is 43.1 Å². The summed E-state index contributed by atoms with van der Waals surface area (Å²) in [5.74, 6) is -3.28. The van der Waals surface area contributed by atoms with E-state index in [1.54, 1.807) is 6.92 Å². The highest BCUT2D eigenvalue weighted by atomic mass is 16.8. The van der Waals surface area contributed by atoms with Crippen molar-refractivity contribution >= 4 is 0 Å². The molecule has 2 unspecified atom stereocenters. The first-order valence-corrected chi connectivity index (χ1v) is 26.6. The van der Waals surface area contributed by atoms with Crippen LogP contribution in [0.3, 0.4) is 0 Å². The van der Waals surface area contributed by atoms with E-state index in [4.69, 9.17) is 47.4 Å². The highest BCUT2D eigenvalue weighted by Crippen LogP contribution is 2.71. The SMILES string of the molecule is C[C@@H]1CO[C@@]2(OC3C[C@H]4[C@@H]5CC=C6C[C@@H](O)C[C@@H](O[C@@H]7O[C@H](CO)[C@@H](O)[C@H](O[C@@H]8OC[C@@H](O)[C@H](O)[C@H]8O)[C@H]7O[C@@H]7O[C@@H](C)[C@H](O)[C@@H](O)[C@H]7O)[C@]6(C)[C@H]5C[C@@H](O)[C@]4(C)C3[C@@H]2C)[C@@H](O)[C@H]1O[C@@H]1O[C@H](C)[C@H](O)[C@@H](O)[C@H]1O. The van der Waals surface area contributed by atoms with Crippen molar-refractivity contribution in [3.05, 3.63) is 11.6 Å². The Bertz CT molecular complexity index is 2010. The van der Waals surface area contributed by atoms with Crippen molar-refractivity contribution in [3.63, 3.8) is 0 Å². The van der Waals surface area contributed by atoms with E-state index < -0.39 is 195 Å². The zero-order chi connectivity index (χ0) is 53.4. The topological polar surface area (TPSA) is 376 Å². The molecule has 0 radical (unpaired) electrons. The average molecular weight is 1070 g/mol. The first-order valence-electron chi connectivity index (χ1n) is 26.6. The molecule has 424 valence electrons. The molecule has 4 aliphatic carbocycles. The maximum atomic E-state index is 12.8. The molecule has 6 saturated heterocycles.